The number of hydrazone groups is 1. The smallest absolute Gasteiger partial charge is 0.427 e. The Kier molecular flexibility index (Phi) is 6.36. The Morgan fingerprint density at radius 1 is 1.24 bits per heavy atom. The van der Waals surface area contributed by atoms with Gasteiger partial charge in [0.05, 0.1) is 31.4 Å². The van der Waals surface area contributed by atoms with E-state index in [1.807, 2.05) is 30.5 Å². The van der Waals surface area contributed by atoms with Gasteiger partial charge in [-0.05, 0) is 38.1 Å². The number of sulfonamides is 1. The highest BCUT2D eigenvalue weighted by Gasteiger charge is 2.26. The van der Waals surface area contributed by atoms with E-state index < -0.39 is 16.1 Å². The predicted octanol–water partition coefficient (Wildman–Crippen LogP) is 1.80. The Hall–Kier alpha value is -2.69. The van der Waals surface area contributed by atoms with Crippen LogP contribution in [-0.2, 0) is 19.5 Å². The van der Waals surface area contributed by atoms with Gasteiger partial charge in [-0.2, -0.15) is 9.41 Å². The van der Waals surface area contributed by atoms with Crippen LogP contribution in [0.25, 0.3) is 5.69 Å². The van der Waals surface area contributed by atoms with E-state index in [9.17, 15) is 13.2 Å². The molecule has 2 heterocycles. The van der Waals surface area contributed by atoms with Crippen molar-refractivity contribution in [3.63, 3.8) is 0 Å². The second-order valence-electron chi connectivity index (χ2n) is 6.54. The van der Waals surface area contributed by atoms with E-state index in [0.717, 1.165) is 22.6 Å². The molecule has 1 aromatic carbocycles. The Bertz CT molecular complexity index is 1020. The third-order valence-electron chi connectivity index (χ3n) is 4.70. The maximum atomic E-state index is 13.0. The lowest BCUT2D eigenvalue weighted by molar-refractivity contribution is 0.0730. The zero-order valence-electron chi connectivity index (χ0n) is 16.6. The fraction of sp³-hybridized carbons (Fsp3) is 0.368. The van der Waals surface area contributed by atoms with Crippen molar-refractivity contribution in [2.75, 3.05) is 33.4 Å². The van der Waals surface area contributed by atoms with E-state index in [-0.39, 0.29) is 4.90 Å². The maximum Gasteiger partial charge on any atom is 0.427 e. The predicted molar refractivity (Wildman–Crippen MR) is 108 cm³/mol. The number of hydrogen-bond acceptors (Lipinski definition) is 6. The number of carbonyl (C=O) groups is 1. The fourth-order valence-electron chi connectivity index (χ4n) is 3.23. The summed E-state index contributed by atoms with van der Waals surface area (Å²) in [6.07, 6.45) is 0.862. The van der Waals surface area contributed by atoms with Crippen molar-refractivity contribution in [1.82, 2.24) is 14.3 Å². The number of hydrogen-bond donors (Lipinski definition) is 1. The topological polar surface area (TPSA) is 102 Å². The molecule has 0 bridgehead atoms. The van der Waals surface area contributed by atoms with Crippen LogP contribution < -0.4 is 5.43 Å². The first-order chi connectivity index (χ1) is 13.8. The average Bonchev–Trinajstić information content (AvgIpc) is 3.01. The van der Waals surface area contributed by atoms with Gasteiger partial charge < -0.3 is 14.0 Å². The van der Waals surface area contributed by atoms with E-state index in [1.165, 1.54) is 17.6 Å². The minimum absolute atomic E-state index is 0.243. The lowest BCUT2D eigenvalue weighted by Crippen LogP contribution is -2.40. The Labute approximate surface area is 170 Å². The summed E-state index contributed by atoms with van der Waals surface area (Å²) >= 11 is 0. The number of benzene rings is 1. The van der Waals surface area contributed by atoms with Gasteiger partial charge in [-0.15, -0.1) is 0 Å². The van der Waals surface area contributed by atoms with E-state index in [1.54, 1.807) is 18.2 Å². The first-order valence-electron chi connectivity index (χ1n) is 9.09. The molecule has 0 radical (unpaired) electrons. The molecule has 1 fully saturated rings. The Morgan fingerprint density at radius 2 is 1.97 bits per heavy atom. The SMILES string of the molecule is COC(=O)N/N=C\c1cc(C)n(-c2cccc(S(=O)(=O)N3CCOCC3)c2)c1C. The first-order valence-corrected chi connectivity index (χ1v) is 10.5. The number of morpholine rings is 1. The lowest BCUT2D eigenvalue weighted by atomic mass is 10.2. The molecular weight excluding hydrogens is 396 g/mol. The zero-order chi connectivity index (χ0) is 21.0. The van der Waals surface area contributed by atoms with Crippen LogP contribution in [0.2, 0.25) is 0 Å². The molecule has 29 heavy (non-hydrogen) atoms. The molecule has 0 atom stereocenters. The second-order valence-corrected chi connectivity index (χ2v) is 8.48. The number of ether oxygens (including phenoxy) is 2. The first kappa shape index (κ1) is 21.0. The van der Waals surface area contributed by atoms with E-state index >= 15 is 0 Å². The third kappa shape index (κ3) is 4.50. The number of methoxy groups -OCH3 is 1. The molecule has 1 aliphatic heterocycles. The van der Waals surface area contributed by atoms with Crippen LogP contribution >= 0.6 is 0 Å². The van der Waals surface area contributed by atoms with Gasteiger partial charge in [0.15, 0.2) is 0 Å². The van der Waals surface area contributed by atoms with Gasteiger partial charge in [0, 0.05) is 35.7 Å². The van der Waals surface area contributed by atoms with Crippen molar-refractivity contribution in [1.29, 1.82) is 0 Å². The minimum Gasteiger partial charge on any atom is -0.452 e. The van der Waals surface area contributed by atoms with Crippen LogP contribution in [0.4, 0.5) is 4.79 Å². The summed E-state index contributed by atoms with van der Waals surface area (Å²) in [6, 6.07) is 8.75. The summed E-state index contributed by atoms with van der Waals surface area (Å²) in [5.74, 6) is 0. The molecule has 0 spiro atoms. The van der Waals surface area contributed by atoms with Gasteiger partial charge in [-0.1, -0.05) is 6.07 Å². The molecule has 9 nitrogen and oxygen atoms in total. The summed E-state index contributed by atoms with van der Waals surface area (Å²) in [5, 5.41) is 3.86. The molecule has 0 saturated carbocycles. The molecule has 0 aliphatic carbocycles. The summed E-state index contributed by atoms with van der Waals surface area (Å²) in [7, 11) is -2.33. The lowest BCUT2D eigenvalue weighted by Gasteiger charge is -2.26. The number of aromatic nitrogens is 1. The molecule has 1 aliphatic rings. The number of rotatable bonds is 5. The third-order valence-corrected chi connectivity index (χ3v) is 6.59. The molecule has 3 rings (SSSR count). The quantitative estimate of drug-likeness (QED) is 0.587. The van der Waals surface area contributed by atoms with Crippen molar-refractivity contribution in [3.05, 3.63) is 47.3 Å². The summed E-state index contributed by atoms with van der Waals surface area (Å²) in [5.41, 5.74) is 5.53. The molecule has 0 unspecified atom stereocenters. The van der Waals surface area contributed by atoms with Crippen LogP contribution in [-0.4, -0.2) is 63.0 Å². The minimum atomic E-state index is -3.59. The highest BCUT2D eigenvalue weighted by molar-refractivity contribution is 7.89. The van der Waals surface area contributed by atoms with Gasteiger partial charge >= 0.3 is 6.09 Å². The molecule has 2 aromatic rings. The van der Waals surface area contributed by atoms with Crippen molar-refractivity contribution >= 4 is 22.3 Å². The van der Waals surface area contributed by atoms with Gasteiger partial charge in [0.25, 0.3) is 0 Å². The average molecular weight is 420 g/mol. The highest BCUT2D eigenvalue weighted by Crippen LogP contribution is 2.24. The Morgan fingerprint density at radius 3 is 2.66 bits per heavy atom. The standard InChI is InChI=1S/C19H24N4O5S/c1-14-11-16(13-20-21-19(24)27-3)15(2)23(14)17-5-4-6-18(12-17)29(25,26)22-7-9-28-10-8-22/h4-6,11-13H,7-10H2,1-3H3,(H,21,24)/b20-13-. The number of amides is 1. The van der Waals surface area contributed by atoms with E-state index in [0.29, 0.717) is 26.3 Å². The van der Waals surface area contributed by atoms with E-state index in [2.05, 4.69) is 15.3 Å². The number of nitrogens with zero attached hydrogens (tertiary/aromatic N) is 3. The molecule has 10 heteroatoms. The van der Waals surface area contributed by atoms with Gasteiger partial charge in [0.2, 0.25) is 10.0 Å². The number of nitrogens with one attached hydrogen (secondary N) is 1. The van der Waals surface area contributed by atoms with Gasteiger partial charge in [-0.25, -0.2) is 18.6 Å². The largest absolute Gasteiger partial charge is 0.452 e. The zero-order valence-corrected chi connectivity index (χ0v) is 17.4. The highest BCUT2D eigenvalue weighted by atomic mass is 32.2. The van der Waals surface area contributed by atoms with Gasteiger partial charge in [-0.3, -0.25) is 0 Å². The van der Waals surface area contributed by atoms with Crippen LogP contribution in [0.1, 0.15) is 17.0 Å². The molecule has 1 aromatic heterocycles. The molecule has 156 valence electrons. The fourth-order valence-corrected chi connectivity index (χ4v) is 4.68. The Balaban J connectivity index is 1.92. The van der Waals surface area contributed by atoms with Crippen LogP contribution in [0.3, 0.4) is 0 Å². The molecular formula is C19H24N4O5S. The monoisotopic (exact) mass is 420 g/mol. The van der Waals surface area contributed by atoms with Crippen molar-refractivity contribution in [3.8, 4) is 5.69 Å². The van der Waals surface area contributed by atoms with Gasteiger partial charge in [0.1, 0.15) is 0 Å². The van der Waals surface area contributed by atoms with Crippen molar-refractivity contribution in [2.24, 2.45) is 5.10 Å². The van der Waals surface area contributed by atoms with Crippen LogP contribution in [0.15, 0.2) is 40.3 Å². The number of aryl methyl sites for hydroxylation is 1. The summed E-state index contributed by atoms with van der Waals surface area (Å²) in [4.78, 5) is 11.4. The van der Waals surface area contributed by atoms with E-state index in [4.69, 9.17) is 4.74 Å². The van der Waals surface area contributed by atoms with Crippen LogP contribution in [0, 0.1) is 13.8 Å². The molecule has 1 amide bonds. The summed E-state index contributed by atoms with van der Waals surface area (Å²) in [6.45, 7) is 5.31. The second kappa shape index (κ2) is 8.76. The molecule has 1 N–H and O–H groups in total. The van der Waals surface area contributed by atoms with Crippen LogP contribution in [0.5, 0.6) is 0 Å². The van der Waals surface area contributed by atoms with Crippen molar-refractivity contribution < 1.29 is 22.7 Å². The molecule has 1 saturated heterocycles. The summed E-state index contributed by atoms with van der Waals surface area (Å²) < 4.78 is 39.1. The maximum absolute atomic E-state index is 13.0. The van der Waals surface area contributed by atoms with Crippen molar-refractivity contribution in [2.45, 2.75) is 18.7 Å². The number of carbonyl (C=O) groups excluding carboxylic acids is 1. The normalized spacial score (nSPS) is 15.6.